The van der Waals surface area contributed by atoms with E-state index in [0.717, 1.165) is 17.9 Å². The minimum Gasteiger partial charge on any atom is -0.406 e. The second kappa shape index (κ2) is 9.43. The van der Waals surface area contributed by atoms with Gasteiger partial charge in [0.05, 0.1) is 12.5 Å². The van der Waals surface area contributed by atoms with E-state index in [4.69, 9.17) is 0 Å². The van der Waals surface area contributed by atoms with E-state index in [-0.39, 0.29) is 24.1 Å². The van der Waals surface area contributed by atoms with Gasteiger partial charge >= 0.3 is 6.36 Å². The summed E-state index contributed by atoms with van der Waals surface area (Å²) >= 11 is 0. The number of carbonyl (C=O) groups is 1. The molecule has 8 heteroatoms. The van der Waals surface area contributed by atoms with Crippen molar-refractivity contribution >= 4 is 11.7 Å². The van der Waals surface area contributed by atoms with Gasteiger partial charge in [-0.05, 0) is 48.2 Å². The Labute approximate surface area is 162 Å². The van der Waals surface area contributed by atoms with Gasteiger partial charge in [-0.2, -0.15) is 0 Å². The van der Waals surface area contributed by atoms with Gasteiger partial charge in [0.25, 0.3) is 0 Å². The molecule has 28 heavy (non-hydrogen) atoms. The lowest BCUT2D eigenvalue weighted by atomic mass is 10.1. The van der Waals surface area contributed by atoms with Crippen molar-refractivity contribution in [1.82, 2.24) is 10.3 Å². The van der Waals surface area contributed by atoms with Gasteiger partial charge in [-0.25, -0.2) is 4.98 Å². The minimum absolute atomic E-state index is 0.0557. The number of hydrogen-bond acceptors (Lipinski definition) is 4. The van der Waals surface area contributed by atoms with Gasteiger partial charge < -0.3 is 15.4 Å². The minimum atomic E-state index is -4.73. The zero-order valence-electron chi connectivity index (χ0n) is 16.0. The number of hydrogen-bond donors (Lipinski definition) is 2. The quantitative estimate of drug-likeness (QED) is 0.692. The topological polar surface area (TPSA) is 63.2 Å². The number of alkyl halides is 3. The zero-order chi connectivity index (χ0) is 20.7. The number of benzene rings is 1. The number of nitrogens with zero attached hydrogens (tertiary/aromatic N) is 1. The van der Waals surface area contributed by atoms with Crippen molar-refractivity contribution in [2.45, 2.75) is 39.6 Å². The van der Waals surface area contributed by atoms with Crippen LogP contribution in [0.15, 0.2) is 42.6 Å². The summed E-state index contributed by atoms with van der Waals surface area (Å²) in [7, 11) is 0. The second-order valence-corrected chi connectivity index (χ2v) is 6.91. The van der Waals surface area contributed by atoms with Gasteiger partial charge in [0, 0.05) is 12.7 Å². The molecule has 2 N–H and O–H groups in total. The van der Waals surface area contributed by atoms with Crippen LogP contribution in [0.5, 0.6) is 5.75 Å². The molecular formula is C20H24F3N3O2. The lowest BCUT2D eigenvalue weighted by Gasteiger charge is -2.16. The third-order valence-corrected chi connectivity index (χ3v) is 3.87. The van der Waals surface area contributed by atoms with E-state index < -0.39 is 6.36 Å². The van der Waals surface area contributed by atoms with Gasteiger partial charge in [-0.3, -0.25) is 4.79 Å². The summed E-state index contributed by atoms with van der Waals surface area (Å²) in [6.07, 6.45) is -3.00. The normalized spacial score (nSPS) is 12.5. The molecule has 1 atom stereocenters. The number of nitrogens with one attached hydrogen (secondary N) is 2. The van der Waals surface area contributed by atoms with Gasteiger partial charge in [-0.1, -0.05) is 26.0 Å². The van der Waals surface area contributed by atoms with Crippen molar-refractivity contribution in [3.8, 4) is 5.75 Å². The van der Waals surface area contributed by atoms with Crippen molar-refractivity contribution in [1.29, 1.82) is 0 Å². The molecule has 1 amide bonds. The molecule has 152 valence electrons. The van der Waals surface area contributed by atoms with Crippen molar-refractivity contribution in [3.63, 3.8) is 0 Å². The Bertz CT molecular complexity index is 777. The first-order valence-corrected chi connectivity index (χ1v) is 8.96. The fraction of sp³-hybridized carbons (Fsp3) is 0.400. The maximum atomic E-state index is 12.3. The molecular weight excluding hydrogens is 371 g/mol. The number of ether oxygens (including phenoxy) is 1. The lowest BCUT2D eigenvalue weighted by Crippen LogP contribution is -2.28. The summed E-state index contributed by atoms with van der Waals surface area (Å²) in [6.45, 7) is 6.86. The highest BCUT2D eigenvalue weighted by molar-refractivity contribution is 5.79. The molecule has 2 rings (SSSR count). The molecule has 0 aliphatic carbocycles. The first-order chi connectivity index (χ1) is 13.1. The molecule has 0 aliphatic heterocycles. The first kappa shape index (κ1) is 21.5. The van der Waals surface area contributed by atoms with E-state index in [1.54, 1.807) is 6.20 Å². The van der Waals surface area contributed by atoms with Crippen LogP contribution in [-0.2, 0) is 11.2 Å². The highest BCUT2D eigenvalue weighted by Crippen LogP contribution is 2.23. The van der Waals surface area contributed by atoms with Crippen LogP contribution in [0.2, 0.25) is 0 Å². The number of amides is 1. The molecule has 0 saturated carbocycles. The summed E-state index contributed by atoms with van der Waals surface area (Å²) in [4.78, 5) is 16.5. The SMILES string of the molecule is CC(C)CNc1cc(C(C)NC(=O)Cc2ccc(OC(F)(F)F)cc2)ccn1. The Morgan fingerprint density at radius 1 is 1.14 bits per heavy atom. The van der Waals surface area contributed by atoms with E-state index in [1.165, 1.54) is 24.3 Å². The Kier molecular flexibility index (Phi) is 7.25. The summed E-state index contributed by atoms with van der Waals surface area (Å²) < 4.78 is 40.3. The van der Waals surface area contributed by atoms with Gasteiger partial charge in [0.1, 0.15) is 11.6 Å². The van der Waals surface area contributed by atoms with Crippen LogP contribution < -0.4 is 15.4 Å². The standard InChI is InChI=1S/C20H24F3N3O2/c1-13(2)12-25-18-11-16(8-9-24-18)14(3)26-19(27)10-15-4-6-17(7-5-15)28-20(21,22)23/h4-9,11,13-14H,10,12H2,1-3H3,(H,24,25)(H,26,27). The highest BCUT2D eigenvalue weighted by Gasteiger charge is 2.30. The Morgan fingerprint density at radius 3 is 2.43 bits per heavy atom. The van der Waals surface area contributed by atoms with Crippen molar-refractivity contribution in [3.05, 3.63) is 53.7 Å². The lowest BCUT2D eigenvalue weighted by molar-refractivity contribution is -0.274. The van der Waals surface area contributed by atoms with Crippen LogP contribution in [-0.4, -0.2) is 23.8 Å². The van der Waals surface area contributed by atoms with E-state index in [1.807, 2.05) is 19.1 Å². The molecule has 1 unspecified atom stereocenters. The third-order valence-electron chi connectivity index (χ3n) is 3.87. The van der Waals surface area contributed by atoms with Crippen LogP contribution in [0.3, 0.4) is 0 Å². The molecule has 0 bridgehead atoms. The summed E-state index contributed by atoms with van der Waals surface area (Å²) in [5, 5.41) is 6.12. The van der Waals surface area contributed by atoms with E-state index in [9.17, 15) is 18.0 Å². The Balaban J connectivity index is 1.91. The molecule has 0 aliphatic rings. The predicted molar refractivity (Wildman–Crippen MR) is 101 cm³/mol. The fourth-order valence-corrected chi connectivity index (χ4v) is 2.49. The van der Waals surface area contributed by atoms with Crippen molar-refractivity contribution in [2.75, 3.05) is 11.9 Å². The van der Waals surface area contributed by atoms with Gasteiger partial charge in [-0.15, -0.1) is 13.2 Å². The molecule has 2 aromatic rings. The van der Waals surface area contributed by atoms with Crippen molar-refractivity contribution < 1.29 is 22.7 Å². The van der Waals surface area contributed by atoms with Crippen LogP contribution in [0.25, 0.3) is 0 Å². The van der Waals surface area contributed by atoms with Crippen LogP contribution in [0.4, 0.5) is 19.0 Å². The number of halogens is 3. The molecule has 5 nitrogen and oxygen atoms in total. The predicted octanol–water partition coefficient (Wildman–Crippen LogP) is 4.47. The van der Waals surface area contributed by atoms with Crippen LogP contribution >= 0.6 is 0 Å². The maximum Gasteiger partial charge on any atom is 0.573 e. The number of pyridine rings is 1. The maximum absolute atomic E-state index is 12.3. The highest BCUT2D eigenvalue weighted by atomic mass is 19.4. The van der Waals surface area contributed by atoms with Crippen molar-refractivity contribution in [2.24, 2.45) is 5.92 Å². The number of anilines is 1. The Morgan fingerprint density at radius 2 is 1.82 bits per heavy atom. The van der Waals surface area contributed by atoms with Gasteiger partial charge in [0.15, 0.2) is 0 Å². The molecule has 1 aromatic carbocycles. The smallest absolute Gasteiger partial charge is 0.406 e. The second-order valence-electron chi connectivity index (χ2n) is 6.91. The summed E-state index contributed by atoms with van der Waals surface area (Å²) in [5.41, 5.74) is 1.50. The zero-order valence-corrected chi connectivity index (χ0v) is 16.0. The summed E-state index contributed by atoms with van der Waals surface area (Å²) in [6, 6.07) is 8.73. The fourth-order valence-electron chi connectivity index (χ4n) is 2.49. The molecule has 0 saturated heterocycles. The van der Waals surface area contributed by atoms with Crippen LogP contribution in [0.1, 0.15) is 37.9 Å². The first-order valence-electron chi connectivity index (χ1n) is 8.96. The third kappa shape index (κ3) is 7.46. The number of carbonyl (C=O) groups excluding carboxylic acids is 1. The molecule has 0 radical (unpaired) electrons. The molecule has 0 fully saturated rings. The van der Waals surface area contributed by atoms with E-state index in [0.29, 0.717) is 11.5 Å². The summed E-state index contributed by atoms with van der Waals surface area (Å²) in [5.74, 6) is 0.678. The van der Waals surface area contributed by atoms with E-state index in [2.05, 4.69) is 34.2 Å². The number of rotatable bonds is 8. The molecule has 1 aromatic heterocycles. The molecule has 0 spiro atoms. The Hall–Kier alpha value is -2.77. The van der Waals surface area contributed by atoms with Crippen LogP contribution in [0, 0.1) is 5.92 Å². The molecule has 1 heterocycles. The van der Waals surface area contributed by atoms with Gasteiger partial charge in [0.2, 0.25) is 5.91 Å². The number of aromatic nitrogens is 1. The average molecular weight is 395 g/mol. The average Bonchev–Trinajstić information content (AvgIpc) is 2.60. The monoisotopic (exact) mass is 395 g/mol. The van der Waals surface area contributed by atoms with E-state index >= 15 is 0 Å². The largest absolute Gasteiger partial charge is 0.573 e.